The monoisotopic (exact) mass is 397 g/mol. The first-order valence-electron chi connectivity index (χ1n) is 7.25. The van der Waals surface area contributed by atoms with Crippen LogP contribution in [0.15, 0.2) is 55.1 Å². The summed E-state index contributed by atoms with van der Waals surface area (Å²) in [6.07, 6.45) is 3.26. The summed E-state index contributed by atoms with van der Waals surface area (Å²) >= 11 is 20.0. The minimum atomic E-state index is 0.204. The third-order valence-corrected chi connectivity index (χ3v) is 5.66. The number of hydrogen-bond donors (Lipinski definition) is 0. The van der Waals surface area contributed by atoms with Gasteiger partial charge >= 0.3 is 0 Å². The molecule has 3 aromatic rings. The highest BCUT2D eigenvalue weighted by Crippen LogP contribution is 2.35. The van der Waals surface area contributed by atoms with E-state index >= 15 is 0 Å². The summed E-state index contributed by atoms with van der Waals surface area (Å²) in [7, 11) is 0. The first kappa shape index (κ1) is 17.6. The average molecular weight is 399 g/mol. The second-order valence-corrected chi connectivity index (χ2v) is 7.68. The van der Waals surface area contributed by atoms with Crippen LogP contribution in [-0.2, 0) is 12.3 Å². The van der Waals surface area contributed by atoms with Crippen LogP contribution in [0.25, 0.3) is 0 Å². The van der Waals surface area contributed by atoms with Crippen LogP contribution in [0.2, 0.25) is 15.1 Å². The molecule has 7 heteroatoms. The molecule has 1 atom stereocenters. The molecule has 0 radical (unpaired) electrons. The van der Waals surface area contributed by atoms with E-state index in [1.807, 2.05) is 41.1 Å². The van der Waals surface area contributed by atoms with E-state index in [1.165, 1.54) is 5.56 Å². The molecule has 0 saturated heterocycles. The van der Waals surface area contributed by atoms with Crippen molar-refractivity contribution in [2.24, 2.45) is 0 Å². The number of thioether (sulfide) groups is 1. The Labute approximate surface area is 160 Å². The molecule has 0 amide bonds. The topological polar surface area (TPSA) is 30.7 Å². The molecule has 0 spiro atoms. The second kappa shape index (κ2) is 8.26. The van der Waals surface area contributed by atoms with E-state index in [0.29, 0.717) is 10.0 Å². The SMILES string of the molecule is Clc1ccc(C(Cn2cncn2)SCc2ccc(Cl)cc2Cl)cc1. The minimum Gasteiger partial charge on any atom is -0.252 e. The van der Waals surface area contributed by atoms with Crippen LogP contribution in [0, 0.1) is 0 Å². The van der Waals surface area contributed by atoms with Gasteiger partial charge < -0.3 is 0 Å². The summed E-state index contributed by atoms with van der Waals surface area (Å²) in [5.41, 5.74) is 2.24. The molecule has 124 valence electrons. The first-order chi connectivity index (χ1) is 11.6. The van der Waals surface area contributed by atoms with Gasteiger partial charge in [0.25, 0.3) is 0 Å². The van der Waals surface area contributed by atoms with Gasteiger partial charge in [-0.3, -0.25) is 4.68 Å². The maximum absolute atomic E-state index is 6.28. The Bertz CT molecular complexity index is 791. The molecule has 0 aliphatic carbocycles. The minimum absolute atomic E-state index is 0.204. The molecule has 1 heterocycles. The van der Waals surface area contributed by atoms with Crippen LogP contribution in [-0.4, -0.2) is 14.8 Å². The number of rotatable bonds is 6. The largest absolute Gasteiger partial charge is 0.252 e. The van der Waals surface area contributed by atoms with E-state index in [4.69, 9.17) is 34.8 Å². The number of nitrogens with zero attached hydrogens (tertiary/aromatic N) is 3. The van der Waals surface area contributed by atoms with E-state index in [9.17, 15) is 0 Å². The fourth-order valence-corrected chi connectivity index (χ4v) is 4.18. The van der Waals surface area contributed by atoms with Gasteiger partial charge in [-0.05, 0) is 35.4 Å². The highest BCUT2D eigenvalue weighted by atomic mass is 35.5. The summed E-state index contributed by atoms with van der Waals surface area (Å²) in [6, 6.07) is 13.5. The molecule has 3 nitrogen and oxygen atoms in total. The lowest BCUT2D eigenvalue weighted by Crippen LogP contribution is -2.07. The zero-order valence-corrected chi connectivity index (χ0v) is 15.7. The van der Waals surface area contributed by atoms with E-state index in [2.05, 4.69) is 10.1 Å². The highest BCUT2D eigenvalue weighted by Gasteiger charge is 2.15. The zero-order chi connectivity index (χ0) is 16.9. The van der Waals surface area contributed by atoms with Gasteiger partial charge in [0.1, 0.15) is 12.7 Å². The van der Waals surface area contributed by atoms with Gasteiger partial charge in [-0.25, -0.2) is 4.98 Å². The first-order valence-corrected chi connectivity index (χ1v) is 9.43. The van der Waals surface area contributed by atoms with Crippen molar-refractivity contribution in [1.82, 2.24) is 14.8 Å². The molecule has 1 unspecified atom stereocenters. The molecule has 0 aliphatic rings. The van der Waals surface area contributed by atoms with Gasteiger partial charge in [-0.1, -0.05) is 53.0 Å². The quantitative estimate of drug-likeness (QED) is 0.517. The zero-order valence-electron chi connectivity index (χ0n) is 12.6. The second-order valence-electron chi connectivity index (χ2n) is 5.20. The molecule has 0 fully saturated rings. The van der Waals surface area contributed by atoms with Crippen LogP contribution in [0.3, 0.4) is 0 Å². The smallest absolute Gasteiger partial charge is 0.137 e. The Morgan fingerprint density at radius 2 is 1.75 bits per heavy atom. The van der Waals surface area contributed by atoms with E-state index in [-0.39, 0.29) is 5.25 Å². The Balaban J connectivity index is 1.77. The predicted molar refractivity (Wildman–Crippen MR) is 102 cm³/mol. The molecule has 0 N–H and O–H groups in total. The third-order valence-electron chi connectivity index (χ3n) is 3.52. The van der Waals surface area contributed by atoms with Crippen LogP contribution in [0.5, 0.6) is 0 Å². The Morgan fingerprint density at radius 3 is 2.42 bits per heavy atom. The normalized spacial score (nSPS) is 12.3. The summed E-state index contributed by atoms with van der Waals surface area (Å²) in [5.74, 6) is 0.776. The van der Waals surface area contributed by atoms with Gasteiger partial charge in [-0.15, -0.1) is 11.8 Å². The Kier molecular flexibility index (Phi) is 6.06. The molecule has 0 saturated carbocycles. The van der Waals surface area contributed by atoms with Gasteiger partial charge in [0.2, 0.25) is 0 Å². The Morgan fingerprint density at radius 1 is 1.00 bits per heavy atom. The number of aromatic nitrogens is 3. The Hall–Kier alpha value is -1.20. The summed E-state index contributed by atoms with van der Waals surface area (Å²) in [4.78, 5) is 4.01. The number of halogens is 3. The van der Waals surface area contributed by atoms with Crippen molar-refractivity contribution in [3.8, 4) is 0 Å². The highest BCUT2D eigenvalue weighted by molar-refractivity contribution is 7.98. The molecule has 3 rings (SSSR count). The van der Waals surface area contributed by atoms with Crippen LogP contribution < -0.4 is 0 Å². The van der Waals surface area contributed by atoms with Gasteiger partial charge in [-0.2, -0.15) is 5.10 Å². The summed E-state index contributed by atoms with van der Waals surface area (Å²) in [6.45, 7) is 0.720. The van der Waals surface area contributed by atoms with Crippen molar-refractivity contribution in [3.63, 3.8) is 0 Å². The molecule has 2 aromatic carbocycles. The van der Waals surface area contributed by atoms with E-state index in [0.717, 1.165) is 22.9 Å². The maximum atomic E-state index is 6.28. The fraction of sp³-hybridized carbons (Fsp3) is 0.176. The van der Waals surface area contributed by atoms with E-state index < -0.39 is 0 Å². The summed E-state index contributed by atoms with van der Waals surface area (Å²) < 4.78 is 1.83. The van der Waals surface area contributed by atoms with Crippen molar-refractivity contribution in [1.29, 1.82) is 0 Å². The van der Waals surface area contributed by atoms with Crippen molar-refractivity contribution in [2.45, 2.75) is 17.5 Å². The number of hydrogen-bond acceptors (Lipinski definition) is 3. The fourth-order valence-electron chi connectivity index (χ4n) is 2.26. The number of benzene rings is 2. The lowest BCUT2D eigenvalue weighted by atomic mass is 10.1. The molecule has 1 aromatic heterocycles. The standard InChI is InChI=1S/C17H14Cl3N3S/c18-14-4-1-12(2-5-14)17(8-23-11-21-10-22-23)24-9-13-3-6-15(19)7-16(13)20/h1-7,10-11,17H,8-9H2. The van der Waals surface area contributed by atoms with Gasteiger partial charge in [0.15, 0.2) is 0 Å². The van der Waals surface area contributed by atoms with Crippen LogP contribution in [0.4, 0.5) is 0 Å². The van der Waals surface area contributed by atoms with Crippen molar-refractivity contribution in [3.05, 3.63) is 81.3 Å². The summed E-state index contributed by atoms with van der Waals surface area (Å²) in [5, 5.41) is 6.47. The molecular formula is C17H14Cl3N3S. The van der Waals surface area contributed by atoms with E-state index in [1.54, 1.807) is 30.5 Å². The van der Waals surface area contributed by atoms with Crippen molar-refractivity contribution < 1.29 is 0 Å². The average Bonchev–Trinajstić information content (AvgIpc) is 3.07. The third kappa shape index (κ3) is 4.67. The van der Waals surface area contributed by atoms with Crippen LogP contribution in [0.1, 0.15) is 16.4 Å². The molecular weight excluding hydrogens is 385 g/mol. The predicted octanol–water partition coefficient (Wildman–Crippen LogP) is 5.91. The molecule has 0 bridgehead atoms. The van der Waals surface area contributed by atoms with Gasteiger partial charge in [0, 0.05) is 26.1 Å². The molecule has 0 aliphatic heterocycles. The van der Waals surface area contributed by atoms with Crippen molar-refractivity contribution in [2.75, 3.05) is 0 Å². The van der Waals surface area contributed by atoms with Gasteiger partial charge in [0.05, 0.1) is 6.54 Å². The van der Waals surface area contributed by atoms with Crippen molar-refractivity contribution >= 4 is 46.6 Å². The van der Waals surface area contributed by atoms with Crippen LogP contribution >= 0.6 is 46.6 Å². The lowest BCUT2D eigenvalue weighted by Gasteiger charge is -2.17. The lowest BCUT2D eigenvalue weighted by molar-refractivity contribution is 0.604. The maximum Gasteiger partial charge on any atom is 0.137 e. The molecule has 24 heavy (non-hydrogen) atoms.